The minimum atomic E-state index is -0.488. The zero-order valence-electron chi connectivity index (χ0n) is 11.2. The maximum atomic E-state index is 12.0. The van der Waals surface area contributed by atoms with Crippen LogP contribution in [-0.2, 0) is 0 Å². The third kappa shape index (κ3) is 3.26. The van der Waals surface area contributed by atoms with Crippen LogP contribution in [0.1, 0.15) is 41.6 Å². The van der Waals surface area contributed by atoms with Crippen molar-refractivity contribution in [1.29, 1.82) is 0 Å². The quantitative estimate of drug-likeness (QED) is 0.778. The van der Waals surface area contributed by atoms with Gasteiger partial charge in [0.2, 0.25) is 0 Å². The van der Waals surface area contributed by atoms with E-state index in [9.17, 15) is 15.0 Å². The molecule has 19 heavy (non-hydrogen) atoms. The first-order valence-corrected chi connectivity index (χ1v) is 6.84. The molecular weight excluding hydrogens is 242 g/mol. The van der Waals surface area contributed by atoms with Gasteiger partial charge in [0, 0.05) is 6.54 Å². The minimum Gasteiger partial charge on any atom is -0.507 e. The number of aromatic hydroxyl groups is 1. The number of rotatable bonds is 4. The molecule has 4 heteroatoms. The normalized spacial score (nSPS) is 17.4. The van der Waals surface area contributed by atoms with Crippen LogP contribution in [-0.4, -0.2) is 28.8 Å². The fraction of sp³-hybridized carbons (Fsp3) is 0.533. The second kappa shape index (κ2) is 6.06. The van der Waals surface area contributed by atoms with Crippen molar-refractivity contribution in [1.82, 2.24) is 5.32 Å². The van der Waals surface area contributed by atoms with E-state index < -0.39 is 6.10 Å². The Morgan fingerprint density at radius 1 is 1.42 bits per heavy atom. The monoisotopic (exact) mass is 263 g/mol. The van der Waals surface area contributed by atoms with Crippen LogP contribution >= 0.6 is 0 Å². The number of aryl methyl sites for hydroxylation is 1. The fourth-order valence-corrected chi connectivity index (χ4v) is 2.64. The number of phenols is 1. The molecule has 1 unspecified atom stereocenters. The van der Waals surface area contributed by atoms with Gasteiger partial charge in [-0.1, -0.05) is 25.0 Å². The van der Waals surface area contributed by atoms with Crippen LogP contribution < -0.4 is 5.32 Å². The van der Waals surface area contributed by atoms with Gasteiger partial charge in [0.1, 0.15) is 5.75 Å². The van der Waals surface area contributed by atoms with Gasteiger partial charge in [0.05, 0.1) is 11.7 Å². The molecule has 0 heterocycles. The lowest BCUT2D eigenvalue weighted by atomic mass is 10.0. The summed E-state index contributed by atoms with van der Waals surface area (Å²) in [4.78, 5) is 12.0. The molecule has 1 fully saturated rings. The van der Waals surface area contributed by atoms with Crippen LogP contribution in [0.15, 0.2) is 18.2 Å². The van der Waals surface area contributed by atoms with Crippen molar-refractivity contribution in [3.8, 4) is 5.75 Å². The number of carbonyl (C=O) groups excluding carboxylic acids is 1. The first-order chi connectivity index (χ1) is 9.09. The molecule has 0 radical (unpaired) electrons. The molecule has 1 aromatic rings. The number of aliphatic hydroxyl groups excluding tert-OH is 1. The summed E-state index contributed by atoms with van der Waals surface area (Å²) >= 11 is 0. The summed E-state index contributed by atoms with van der Waals surface area (Å²) in [5, 5.41) is 22.5. The lowest BCUT2D eigenvalue weighted by Crippen LogP contribution is -2.35. The van der Waals surface area contributed by atoms with E-state index in [-0.39, 0.29) is 23.8 Å². The summed E-state index contributed by atoms with van der Waals surface area (Å²) in [7, 11) is 0. The van der Waals surface area contributed by atoms with Crippen molar-refractivity contribution < 1.29 is 15.0 Å². The predicted octanol–water partition coefficient (Wildman–Crippen LogP) is 1.98. The van der Waals surface area contributed by atoms with Crippen molar-refractivity contribution >= 4 is 5.91 Å². The molecule has 0 aliphatic heterocycles. The molecule has 0 saturated heterocycles. The maximum Gasteiger partial charge on any atom is 0.255 e. The Hall–Kier alpha value is -1.55. The van der Waals surface area contributed by atoms with Crippen molar-refractivity contribution in [3.63, 3.8) is 0 Å². The number of amides is 1. The zero-order chi connectivity index (χ0) is 13.8. The number of benzene rings is 1. The number of aliphatic hydroxyl groups is 1. The van der Waals surface area contributed by atoms with E-state index in [1.54, 1.807) is 25.1 Å². The van der Waals surface area contributed by atoms with Crippen LogP contribution in [0.5, 0.6) is 5.75 Å². The van der Waals surface area contributed by atoms with E-state index in [0.717, 1.165) is 25.7 Å². The number of nitrogens with one attached hydrogen (secondary N) is 1. The second-order valence-corrected chi connectivity index (χ2v) is 5.29. The average Bonchev–Trinajstić information content (AvgIpc) is 2.93. The van der Waals surface area contributed by atoms with Crippen molar-refractivity contribution in [2.75, 3.05) is 6.54 Å². The van der Waals surface area contributed by atoms with Crippen LogP contribution in [0.3, 0.4) is 0 Å². The highest BCUT2D eigenvalue weighted by Crippen LogP contribution is 2.27. The molecule has 104 valence electrons. The van der Waals surface area contributed by atoms with Gasteiger partial charge < -0.3 is 15.5 Å². The van der Waals surface area contributed by atoms with Gasteiger partial charge in [0.15, 0.2) is 0 Å². The highest BCUT2D eigenvalue weighted by molar-refractivity contribution is 5.97. The molecule has 1 aliphatic carbocycles. The first kappa shape index (κ1) is 13.9. The van der Waals surface area contributed by atoms with Crippen molar-refractivity contribution in [2.24, 2.45) is 5.92 Å². The molecule has 1 aliphatic rings. The summed E-state index contributed by atoms with van der Waals surface area (Å²) < 4.78 is 0. The van der Waals surface area contributed by atoms with Gasteiger partial charge in [0.25, 0.3) is 5.91 Å². The van der Waals surface area contributed by atoms with Crippen LogP contribution in [0.25, 0.3) is 0 Å². The summed E-state index contributed by atoms with van der Waals surface area (Å²) in [6.07, 6.45) is 3.90. The SMILES string of the molecule is Cc1cccc(C(=O)NCC(O)C2CCCC2)c1O. The third-order valence-corrected chi connectivity index (χ3v) is 3.90. The molecule has 1 amide bonds. The molecule has 1 saturated carbocycles. The Bertz CT molecular complexity index is 453. The average molecular weight is 263 g/mol. The molecule has 3 N–H and O–H groups in total. The number of carbonyl (C=O) groups is 1. The van der Waals surface area contributed by atoms with Gasteiger partial charge in [-0.15, -0.1) is 0 Å². The van der Waals surface area contributed by atoms with E-state index in [1.807, 2.05) is 0 Å². The molecule has 2 rings (SSSR count). The van der Waals surface area contributed by atoms with E-state index in [4.69, 9.17) is 0 Å². The largest absolute Gasteiger partial charge is 0.507 e. The van der Waals surface area contributed by atoms with Crippen LogP contribution in [0.2, 0.25) is 0 Å². The number of phenolic OH excluding ortho intramolecular Hbond substituents is 1. The molecule has 0 bridgehead atoms. The lowest BCUT2D eigenvalue weighted by Gasteiger charge is -2.18. The van der Waals surface area contributed by atoms with Gasteiger partial charge in [-0.25, -0.2) is 0 Å². The van der Waals surface area contributed by atoms with E-state index >= 15 is 0 Å². The Balaban J connectivity index is 1.92. The molecule has 0 aromatic heterocycles. The van der Waals surface area contributed by atoms with Gasteiger partial charge >= 0.3 is 0 Å². The predicted molar refractivity (Wildman–Crippen MR) is 73.1 cm³/mol. The van der Waals surface area contributed by atoms with E-state index in [0.29, 0.717) is 11.5 Å². The Morgan fingerprint density at radius 2 is 2.11 bits per heavy atom. The van der Waals surface area contributed by atoms with Gasteiger partial charge in [-0.2, -0.15) is 0 Å². The second-order valence-electron chi connectivity index (χ2n) is 5.29. The van der Waals surface area contributed by atoms with Crippen LogP contribution in [0, 0.1) is 12.8 Å². The minimum absolute atomic E-state index is 0.00959. The number of para-hydroxylation sites is 1. The molecule has 0 spiro atoms. The lowest BCUT2D eigenvalue weighted by molar-refractivity contribution is 0.0838. The Labute approximate surface area is 113 Å². The maximum absolute atomic E-state index is 12.0. The van der Waals surface area contributed by atoms with E-state index in [1.165, 1.54) is 0 Å². The van der Waals surface area contributed by atoms with Crippen molar-refractivity contribution in [3.05, 3.63) is 29.3 Å². The van der Waals surface area contributed by atoms with Gasteiger partial charge in [-0.3, -0.25) is 4.79 Å². The van der Waals surface area contributed by atoms with E-state index in [2.05, 4.69) is 5.32 Å². The number of hydrogen-bond donors (Lipinski definition) is 3. The summed E-state index contributed by atoms with van der Waals surface area (Å²) in [6.45, 7) is 2.00. The summed E-state index contributed by atoms with van der Waals surface area (Å²) in [5.41, 5.74) is 0.933. The smallest absolute Gasteiger partial charge is 0.255 e. The fourth-order valence-electron chi connectivity index (χ4n) is 2.64. The zero-order valence-corrected chi connectivity index (χ0v) is 11.2. The molecule has 1 atom stereocenters. The highest BCUT2D eigenvalue weighted by atomic mass is 16.3. The molecular formula is C15H21NO3. The standard InChI is InChI=1S/C15H21NO3/c1-10-5-4-8-12(14(10)18)15(19)16-9-13(17)11-6-2-3-7-11/h4-5,8,11,13,17-18H,2-3,6-7,9H2,1H3,(H,16,19). The Morgan fingerprint density at radius 3 is 2.79 bits per heavy atom. The Kier molecular flexibility index (Phi) is 4.43. The summed E-state index contributed by atoms with van der Waals surface area (Å²) in [6, 6.07) is 5.07. The molecule has 4 nitrogen and oxygen atoms in total. The van der Waals surface area contributed by atoms with Crippen molar-refractivity contribution in [2.45, 2.75) is 38.7 Å². The first-order valence-electron chi connectivity index (χ1n) is 6.84. The summed E-state index contributed by atoms with van der Waals surface area (Å²) in [5.74, 6) is -0.0278. The topological polar surface area (TPSA) is 69.6 Å². The molecule has 1 aromatic carbocycles. The highest BCUT2D eigenvalue weighted by Gasteiger charge is 2.23. The third-order valence-electron chi connectivity index (χ3n) is 3.90. The van der Waals surface area contributed by atoms with Gasteiger partial charge in [-0.05, 0) is 37.3 Å². The van der Waals surface area contributed by atoms with Crippen LogP contribution in [0.4, 0.5) is 0 Å². The number of hydrogen-bond acceptors (Lipinski definition) is 3.